The number of rotatable bonds is 0. The monoisotopic (exact) mass is 202 g/mol. The molecule has 2 bridgehead atoms. The Morgan fingerprint density at radius 2 is 1.38 bits per heavy atom. The van der Waals surface area contributed by atoms with Crippen LogP contribution in [0.15, 0.2) is 0 Å². The number of nitrogens with zero attached hydrogens (tertiary/aromatic N) is 1. The predicted octanol–water partition coefficient (Wildman–Crippen LogP) is 0.0915. The van der Waals surface area contributed by atoms with Gasteiger partial charge in [0.2, 0.25) is 0 Å². The van der Waals surface area contributed by atoms with E-state index in [4.69, 9.17) is 0 Å². The Morgan fingerprint density at radius 1 is 0.769 bits per heavy atom. The lowest BCUT2D eigenvalue weighted by Crippen LogP contribution is -2.31. The molecule has 2 rings (SSSR count). The van der Waals surface area contributed by atoms with Crippen LogP contribution in [0.1, 0.15) is 12.8 Å². The van der Waals surface area contributed by atoms with Crippen molar-refractivity contribution < 1.29 is 0 Å². The molecule has 0 amide bonds. The quantitative estimate of drug-likeness (QED) is 0.487. The van der Waals surface area contributed by atoms with Crippen LogP contribution in [-0.4, -0.2) is 44.2 Å². The molecule has 2 aliphatic heterocycles. The fourth-order valence-electron chi connectivity index (χ4n) is 1.81. The average molecular weight is 202 g/mol. The molecule has 0 atom stereocenters. The van der Waals surface area contributed by atoms with Crippen LogP contribution in [0.2, 0.25) is 0 Å². The summed E-state index contributed by atoms with van der Waals surface area (Å²) in [5.41, 5.74) is 0. The lowest BCUT2D eigenvalue weighted by molar-refractivity contribution is 0.276. The lowest BCUT2D eigenvalue weighted by Gasteiger charge is -2.21. The van der Waals surface area contributed by atoms with E-state index in [1.807, 2.05) is 0 Å². The first-order chi connectivity index (χ1) is 6.45. The van der Waals surface area contributed by atoms with Crippen molar-refractivity contribution in [3.63, 3.8) is 0 Å². The van der Waals surface area contributed by atoms with Crippen molar-refractivity contribution in [3.05, 3.63) is 0 Å². The molecule has 5 heteroatoms. The third kappa shape index (κ3) is 3.15. The molecule has 0 unspecified atom stereocenters. The van der Waals surface area contributed by atoms with Crippen molar-refractivity contribution in [2.75, 3.05) is 39.3 Å². The van der Waals surface area contributed by atoms with Crippen LogP contribution in [0.4, 0.5) is 0 Å². The first-order valence-corrected chi connectivity index (χ1v) is 6.52. The van der Waals surface area contributed by atoms with Gasteiger partial charge in [0.05, 0.1) is 0 Å². The van der Waals surface area contributed by atoms with Gasteiger partial charge in [0, 0.05) is 26.2 Å². The minimum Gasteiger partial charge on any atom is -0.302 e. The number of hydrogen-bond acceptors (Lipinski definition) is 4. The van der Waals surface area contributed by atoms with Crippen molar-refractivity contribution in [1.82, 2.24) is 20.2 Å². The zero-order valence-electron chi connectivity index (χ0n) is 8.05. The molecular formula is C8H19N4P. The molecule has 2 saturated heterocycles. The molecule has 0 aromatic carbocycles. The van der Waals surface area contributed by atoms with Gasteiger partial charge in [-0.25, -0.2) is 0 Å². The molecule has 0 aromatic rings. The molecular weight excluding hydrogens is 183 g/mol. The van der Waals surface area contributed by atoms with Crippen molar-refractivity contribution in [2.24, 2.45) is 0 Å². The molecule has 2 fully saturated rings. The standard InChI is InChI=1S/C8H19N4P/c1-3-9-13-10-4-2-7-12(6-1)8-5-11-13/h9-11H,1-8H2. The van der Waals surface area contributed by atoms with Crippen LogP contribution in [-0.2, 0) is 0 Å². The van der Waals surface area contributed by atoms with E-state index >= 15 is 0 Å². The Labute approximate surface area is 81.4 Å². The summed E-state index contributed by atoms with van der Waals surface area (Å²) in [6.07, 6.45) is 2.56. The van der Waals surface area contributed by atoms with Crippen LogP contribution in [0.3, 0.4) is 0 Å². The normalized spacial score (nSPS) is 36.9. The molecule has 2 aliphatic rings. The maximum absolute atomic E-state index is 3.53. The van der Waals surface area contributed by atoms with Gasteiger partial charge in [-0.1, -0.05) is 0 Å². The molecule has 13 heavy (non-hydrogen) atoms. The van der Waals surface area contributed by atoms with Crippen LogP contribution in [0.5, 0.6) is 0 Å². The van der Waals surface area contributed by atoms with E-state index in [-0.39, 0.29) is 8.37 Å². The number of hydrogen-bond donors (Lipinski definition) is 3. The summed E-state index contributed by atoms with van der Waals surface area (Å²) in [7, 11) is -0.288. The van der Waals surface area contributed by atoms with Gasteiger partial charge in [0.25, 0.3) is 0 Å². The van der Waals surface area contributed by atoms with Gasteiger partial charge in [-0.3, -0.25) is 15.3 Å². The Balaban J connectivity index is 1.95. The highest BCUT2D eigenvalue weighted by atomic mass is 31.1. The molecule has 2 heterocycles. The fraction of sp³-hybridized carbons (Fsp3) is 1.00. The summed E-state index contributed by atoms with van der Waals surface area (Å²) in [4.78, 5) is 2.57. The predicted molar refractivity (Wildman–Crippen MR) is 56.6 cm³/mol. The summed E-state index contributed by atoms with van der Waals surface area (Å²) < 4.78 is 0. The Bertz CT molecular complexity index is 127. The molecule has 0 saturated carbocycles. The number of fused-ring (bicyclic) bond motifs is 4. The second-order valence-electron chi connectivity index (χ2n) is 3.61. The molecule has 0 radical (unpaired) electrons. The van der Waals surface area contributed by atoms with Gasteiger partial charge in [-0.15, -0.1) is 0 Å². The van der Waals surface area contributed by atoms with Crippen molar-refractivity contribution >= 4 is 8.37 Å². The molecule has 4 nitrogen and oxygen atoms in total. The number of nitrogens with one attached hydrogen (secondary N) is 3. The van der Waals surface area contributed by atoms with Gasteiger partial charge in [0.15, 0.2) is 0 Å². The van der Waals surface area contributed by atoms with Crippen LogP contribution >= 0.6 is 8.37 Å². The third-order valence-corrected chi connectivity index (χ3v) is 4.16. The SMILES string of the molecule is C1CNP2NCCCN(C1)CCN2. The van der Waals surface area contributed by atoms with Crippen LogP contribution in [0, 0.1) is 0 Å². The van der Waals surface area contributed by atoms with Crippen molar-refractivity contribution in [1.29, 1.82) is 0 Å². The highest BCUT2D eigenvalue weighted by molar-refractivity contribution is 7.51. The lowest BCUT2D eigenvalue weighted by atomic mass is 10.3. The van der Waals surface area contributed by atoms with E-state index in [0.29, 0.717) is 0 Å². The minimum absolute atomic E-state index is 0.288. The zero-order valence-corrected chi connectivity index (χ0v) is 8.95. The first-order valence-electron chi connectivity index (χ1n) is 5.18. The molecule has 0 aromatic heterocycles. The Kier molecular flexibility index (Phi) is 3.94. The molecule has 76 valence electrons. The summed E-state index contributed by atoms with van der Waals surface area (Å²) in [6.45, 7) is 7.13. The second kappa shape index (κ2) is 5.23. The van der Waals surface area contributed by atoms with Crippen LogP contribution in [0.25, 0.3) is 0 Å². The van der Waals surface area contributed by atoms with Crippen LogP contribution < -0.4 is 15.3 Å². The molecule has 3 N–H and O–H groups in total. The van der Waals surface area contributed by atoms with Gasteiger partial charge >= 0.3 is 0 Å². The topological polar surface area (TPSA) is 39.3 Å². The highest BCUT2D eigenvalue weighted by Gasteiger charge is 2.14. The maximum atomic E-state index is 3.53. The van der Waals surface area contributed by atoms with Crippen molar-refractivity contribution in [3.8, 4) is 0 Å². The van der Waals surface area contributed by atoms with Gasteiger partial charge in [-0.05, 0) is 25.9 Å². The Morgan fingerprint density at radius 3 is 2.08 bits per heavy atom. The van der Waals surface area contributed by atoms with E-state index < -0.39 is 0 Å². The third-order valence-electron chi connectivity index (χ3n) is 2.54. The largest absolute Gasteiger partial charge is 0.302 e. The fourth-order valence-corrected chi connectivity index (χ4v) is 3.23. The van der Waals surface area contributed by atoms with Gasteiger partial charge in [-0.2, -0.15) is 0 Å². The van der Waals surface area contributed by atoms with Gasteiger partial charge in [0.1, 0.15) is 8.37 Å². The summed E-state index contributed by atoms with van der Waals surface area (Å²) >= 11 is 0. The summed E-state index contributed by atoms with van der Waals surface area (Å²) in [5, 5.41) is 10.6. The second-order valence-corrected chi connectivity index (χ2v) is 5.23. The van der Waals surface area contributed by atoms with Gasteiger partial charge < -0.3 is 4.90 Å². The van der Waals surface area contributed by atoms with Crippen molar-refractivity contribution in [2.45, 2.75) is 12.8 Å². The minimum atomic E-state index is -0.288. The highest BCUT2D eigenvalue weighted by Crippen LogP contribution is 2.20. The summed E-state index contributed by atoms with van der Waals surface area (Å²) in [5.74, 6) is 0. The molecule has 0 aliphatic carbocycles. The first kappa shape index (κ1) is 9.81. The van der Waals surface area contributed by atoms with E-state index in [1.54, 1.807) is 0 Å². The summed E-state index contributed by atoms with van der Waals surface area (Å²) in [6, 6.07) is 0. The molecule has 0 spiro atoms. The smallest absolute Gasteiger partial charge is 0.111 e. The van der Waals surface area contributed by atoms with E-state index in [0.717, 1.165) is 19.6 Å². The van der Waals surface area contributed by atoms with E-state index in [9.17, 15) is 0 Å². The Hall–Kier alpha value is 0.270. The van der Waals surface area contributed by atoms with E-state index in [2.05, 4.69) is 20.2 Å². The zero-order chi connectivity index (χ0) is 8.93. The average Bonchev–Trinajstić information content (AvgIpc) is 2.33. The van der Waals surface area contributed by atoms with E-state index in [1.165, 1.54) is 32.5 Å². The maximum Gasteiger partial charge on any atom is 0.111 e.